The minimum atomic E-state index is -0.420. The van der Waals surface area contributed by atoms with Gasteiger partial charge in [-0.1, -0.05) is 0 Å². The van der Waals surface area contributed by atoms with Crippen molar-refractivity contribution in [3.05, 3.63) is 40.2 Å². The number of hydrogen-bond donors (Lipinski definition) is 3. The molecule has 0 fully saturated rings. The second-order valence-corrected chi connectivity index (χ2v) is 3.76. The molecule has 0 amide bonds. The molecule has 94 valence electrons. The molecule has 6 nitrogen and oxygen atoms in total. The fourth-order valence-corrected chi connectivity index (χ4v) is 1.53. The third-order valence-corrected chi connectivity index (χ3v) is 2.41. The van der Waals surface area contributed by atoms with Crippen LogP contribution in [0.5, 0.6) is 11.6 Å². The number of ether oxygens (including phenoxy) is 1. The maximum Gasteiger partial charge on any atom is 0.256 e. The molecule has 1 aromatic carbocycles. The number of nitrogens with one attached hydrogen (secondary N) is 2. The molecule has 0 atom stereocenters. The van der Waals surface area contributed by atoms with Crippen molar-refractivity contribution >= 4 is 11.6 Å². The van der Waals surface area contributed by atoms with Crippen molar-refractivity contribution in [2.24, 2.45) is 0 Å². The van der Waals surface area contributed by atoms with Gasteiger partial charge in [0.2, 0.25) is 11.8 Å². The Morgan fingerprint density at radius 2 is 2.17 bits per heavy atom. The van der Waals surface area contributed by atoms with Gasteiger partial charge in [0.1, 0.15) is 5.75 Å². The zero-order chi connectivity index (χ0) is 13.1. The molecule has 0 aliphatic rings. The van der Waals surface area contributed by atoms with E-state index in [4.69, 9.17) is 4.74 Å². The Morgan fingerprint density at radius 1 is 1.39 bits per heavy atom. The summed E-state index contributed by atoms with van der Waals surface area (Å²) in [4.78, 5) is 17.4. The van der Waals surface area contributed by atoms with Gasteiger partial charge in [-0.25, -0.2) is 0 Å². The molecule has 3 N–H and O–H groups in total. The van der Waals surface area contributed by atoms with Crippen LogP contribution in [0.2, 0.25) is 0 Å². The van der Waals surface area contributed by atoms with Crippen molar-refractivity contribution in [2.45, 2.75) is 6.92 Å². The van der Waals surface area contributed by atoms with Crippen molar-refractivity contribution in [3.8, 4) is 11.6 Å². The van der Waals surface area contributed by atoms with Gasteiger partial charge >= 0.3 is 0 Å². The molecule has 6 heteroatoms. The van der Waals surface area contributed by atoms with Crippen molar-refractivity contribution in [1.82, 2.24) is 9.97 Å². The number of benzene rings is 1. The summed E-state index contributed by atoms with van der Waals surface area (Å²) in [5.41, 5.74) is 1.28. The Bertz CT molecular complexity index is 622. The van der Waals surface area contributed by atoms with Gasteiger partial charge in [0.05, 0.1) is 13.2 Å². The van der Waals surface area contributed by atoms with Crippen molar-refractivity contribution < 1.29 is 9.84 Å². The second kappa shape index (κ2) is 4.79. The third kappa shape index (κ3) is 2.60. The van der Waals surface area contributed by atoms with E-state index in [1.807, 2.05) is 13.0 Å². The second-order valence-electron chi connectivity index (χ2n) is 3.76. The van der Waals surface area contributed by atoms with Gasteiger partial charge in [0.15, 0.2) is 0 Å². The van der Waals surface area contributed by atoms with E-state index in [1.165, 1.54) is 0 Å². The lowest BCUT2D eigenvalue weighted by molar-refractivity contribution is 0.414. The normalized spacial score (nSPS) is 10.1. The zero-order valence-corrected chi connectivity index (χ0v) is 10.0. The smallest absolute Gasteiger partial charge is 0.256 e. The van der Waals surface area contributed by atoms with Crippen LogP contribution in [0.3, 0.4) is 0 Å². The molecule has 2 aromatic rings. The number of anilines is 2. The monoisotopic (exact) mass is 247 g/mol. The largest absolute Gasteiger partial charge is 0.497 e. The predicted octanol–water partition coefficient (Wildman–Crippen LogP) is 1.54. The minimum absolute atomic E-state index is 0.188. The number of aromatic amines is 1. The van der Waals surface area contributed by atoms with Crippen LogP contribution >= 0.6 is 0 Å². The number of aromatic nitrogens is 2. The molecule has 18 heavy (non-hydrogen) atoms. The molecule has 1 heterocycles. The maximum absolute atomic E-state index is 11.2. The first-order chi connectivity index (χ1) is 8.58. The highest BCUT2D eigenvalue weighted by Gasteiger charge is 2.04. The Kier molecular flexibility index (Phi) is 3.18. The fraction of sp³-hybridized carbons (Fsp3) is 0.167. The van der Waals surface area contributed by atoms with Crippen LogP contribution in [0.25, 0.3) is 0 Å². The first-order valence-electron chi connectivity index (χ1n) is 5.30. The van der Waals surface area contributed by atoms with Crippen LogP contribution < -0.4 is 15.6 Å². The molecular formula is C12H13N3O3. The van der Waals surface area contributed by atoms with Gasteiger partial charge in [-0.05, 0) is 30.7 Å². The Hall–Kier alpha value is -2.50. The predicted molar refractivity (Wildman–Crippen MR) is 67.5 cm³/mol. The van der Waals surface area contributed by atoms with Gasteiger partial charge < -0.3 is 15.2 Å². The Balaban J connectivity index is 2.31. The van der Waals surface area contributed by atoms with E-state index in [-0.39, 0.29) is 11.8 Å². The van der Waals surface area contributed by atoms with E-state index >= 15 is 0 Å². The van der Waals surface area contributed by atoms with Crippen molar-refractivity contribution in [2.75, 3.05) is 12.4 Å². The van der Waals surface area contributed by atoms with E-state index in [9.17, 15) is 9.90 Å². The van der Waals surface area contributed by atoms with Crippen molar-refractivity contribution in [1.29, 1.82) is 0 Å². The van der Waals surface area contributed by atoms with Gasteiger partial charge in [0.25, 0.3) is 5.56 Å². The first-order valence-corrected chi connectivity index (χ1v) is 5.30. The molecule has 0 aliphatic heterocycles. The Morgan fingerprint density at radius 3 is 2.78 bits per heavy atom. The SMILES string of the molecule is COc1ccc(Nc2nc(O)cc(=O)[nH]2)c(C)c1. The van der Waals surface area contributed by atoms with E-state index in [0.717, 1.165) is 23.1 Å². The number of aryl methyl sites for hydroxylation is 1. The molecule has 0 radical (unpaired) electrons. The minimum Gasteiger partial charge on any atom is -0.497 e. The van der Waals surface area contributed by atoms with Gasteiger partial charge in [-0.15, -0.1) is 0 Å². The van der Waals surface area contributed by atoms with E-state index in [0.29, 0.717) is 0 Å². The number of H-pyrrole nitrogens is 1. The van der Waals surface area contributed by atoms with Crippen LogP contribution in [0.4, 0.5) is 11.6 Å². The summed E-state index contributed by atoms with van der Waals surface area (Å²) in [7, 11) is 1.59. The molecule has 0 unspecified atom stereocenters. The average Bonchev–Trinajstić information content (AvgIpc) is 2.30. The highest BCUT2D eigenvalue weighted by molar-refractivity contribution is 5.59. The highest BCUT2D eigenvalue weighted by Crippen LogP contribution is 2.23. The van der Waals surface area contributed by atoms with E-state index in [2.05, 4.69) is 15.3 Å². The lowest BCUT2D eigenvalue weighted by Crippen LogP contribution is -2.09. The highest BCUT2D eigenvalue weighted by atomic mass is 16.5. The zero-order valence-electron chi connectivity index (χ0n) is 10.0. The summed E-state index contributed by atoms with van der Waals surface area (Å²) in [6.07, 6.45) is 0. The summed E-state index contributed by atoms with van der Waals surface area (Å²) in [5, 5.41) is 12.2. The summed E-state index contributed by atoms with van der Waals surface area (Å²) in [6.45, 7) is 1.89. The van der Waals surface area contributed by atoms with Crippen LogP contribution in [0, 0.1) is 6.92 Å². The summed E-state index contributed by atoms with van der Waals surface area (Å²) < 4.78 is 5.10. The summed E-state index contributed by atoms with van der Waals surface area (Å²) in [6, 6.07) is 6.45. The molecule has 1 aromatic heterocycles. The van der Waals surface area contributed by atoms with Crippen molar-refractivity contribution in [3.63, 3.8) is 0 Å². The molecule has 2 rings (SSSR count). The van der Waals surface area contributed by atoms with Gasteiger partial charge in [-0.2, -0.15) is 4.98 Å². The maximum atomic E-state index is 11.2. The van der Waals surface area contributed by atoms with Crippen LogP contribution in [-0.4, -0.2) is 22.2 Å². The number of rotatable bonds is 3. The topological polar surface area (TPSA) is 87.2 Å². The first kappa shape index (κ1) is 12.0. The lowest BCUT2D eigenvalue weighted by Gasteiger charge is -2.09. The average molecular weight is 247 g/mol. The van der Waals surface area contributed by atoms with Gasteiger partial charge in [0, 0.05) is 5.69 Å². The molecule has 0 saturated heterocycles. The van der Waals surface area contributed by atoms with Crippen LogP contribution in [-0.2, 0) is 0 Å². The quantitative estimate of drug-likeness (QED) is 0.765. The number of nitrogens with zero attached hydrogens (tertiary/aromatic N) is 1. The molecule has 0 aliphatic carbocycles. The van der Waals surface area contributed by atoms with Gasteiger partial charge in [-0.3, -0.25) is 9.78 Å². The Labute approximate surface area is 103 Å². The summed E-state index contributed by atoms with van der Waals surface area (Å²) >= 11 is 0. The van der Waals surface area contributed by atoms with Crippen LogP contribution in [0.1, 0.15) is 5.56 Å². The third-order valence-electron chi connectivity index (χ3n) is 2.41. The fourth-order valence-electron chi connectivity index (χ4n) is 1.53. The van der Waals surface area contributed by atoms with E-state index < -0.39 is 5.56 Å². The molecule has 0 spiro atoms. The van der Waals surface area contributed by atoms with Crippen LogP contribution in [0.15, 0.2) is 29.1 Å². The molecule has 0 saturated carbocycles. The number of hydrogen-bond acceptors (Lipinski definition) is 5. The molecule has 0 bridgehead atoms. The standard InChI is InChI=1S/C12H13N3O3/c1-7-5-8(18-2)3-4-9(7)13-12-14-10(16)6-11(17)15-12/h3-6H,1-2H3,(H3,13,14,15,16,17). The number of methoxy groups -OCH3 is 1. The molecular weight excluding hydrogens is 234 g/mol. The number of aromatic hydroxyl groups is 1. The lowest BCUT2D eigenvalue weighted by atomic mass is 10.2. The van der Waals surface area contributed by atoms with E-state index in [1.54, 1.807) is 19.2 Å². The summed E-state index contributed by atoms with van der Waals surface area (Å²) in [5.74, 6) is 0.607.